The van der Waals surface area contributed by atoms with Crippen molar-refractivity contribution in [3.63, 3.8) is 0 Å². The van der Waals surface area contributed by atoms with E-state index in [4.69, 9.17) is 0 Å². The summed E-state index contributed by atoms with van der Waals surface area (Å²) in [5.41, 5.74) is 1.94. The van der Waals surface area contributed by atoms with E-state index < -0.39 is 0 Å². The third kappa shape index (κ3) is 4.39. The molecule has 5 nitrogen and oxygen atoms in total. The molecule has 1 amide bonds. The lowest BCUT2D eigenvalue weighted by atomic mass is 10.2. The molecule has 0 saturated heterocycles. The van der Waals surface area contributed by atoms with Crippen LogP contribution in [0.2, 0.25) is 0 Å². The Balaban J connectivity index is 1.76. The maximum atomic E-state index is 11.7. The quantitative estimate of drug-likeness (QED) is 0.851. The van der Waals surface area contributed by atoms with Gasteiger partial charge in [0.1, 0.15) is 12.1 Å². The second-order valence-electron chi connectivity index (χ2n) is 4.16. The van der Waals surface area contributed by atoms with Crippen molar-refractivity contribution in [3.8, 4) is 0 Å². The van der Waals surface area contributed by atoms with Gasteiger partial charge in [0.15, 0.2) is 0 Å². The zero-order chi connectivity index (χ0) is 13.5. The Morgan fingerprint density at radius 1 is 1.21 bits per heavy atom. The Kier molecular flexibility index (Phi) is 4.44. The second-order valence-corrected chi connectivity index (χ2v) is 4.16. The number of aromatic nitrogens is 2. The highest BCUT2D eigenvalue weighted by molar-refractivity contribution is 5.80. The van der Waals surface area contributed by atoms with Crippen LogP contribution in [-0.4, -0.2) is 22.4 Å². The van der Waals surface area contributed by atoms with Gasteiger partial charge in [-0.05, 0) is 12.5 Å². The van der Waals surface area contributed by atoms with Crippen LogP contribution in [0.3, 0.4) is 0 Å². The van der Waals surface area contributed by atoms with Gasteiger partial charge in [0, 0.05) is 18.3 Å². The van der Waals surface area contributed by atoms with Crippen molar-refractivity contribution in [2.75, 3.05) is 11.9 Å². The van der Waals surface area contributed by atoms with E-state index in [0.717, 1.165) is 11.3 Å². The summed E-state index contributed by atoms with van der Waals surface area (Å²) in [4.78, 5) is 19.7. The number of rotatable bonds is 5. The number of anilines is 1. The van der Waals surface area contributed by atoms with Gasteiger partial charge < -0.3 is 10.6 Å². The zero-order valence-corrected chi connectivity index (χ0v) is 10.8. The number of nitrogens with zero attached hydrogens (tertiary/aromatic N) is 2. The van der Waals surface area contributed by atoms with Gasteiger partial charge in [0.2, 0.25) is 5.91 Å². The lowest BCUT2D eigenvalue weighted by Crippen LogP contribution is -2.29. The van der Waals surface area contributed by atoms with Crippen LogP contribution in [0.25, 0.3) is 0 Å². The van der Waals surface area contributed by atoms with E-state index in [1.165, 1.54) is 6.33 Å². The molecular formula is C14H16N4O. The number of carbonyl (C=O) groups excluding carboxylic acids is 1. The molecule has 1 aromatic carbocycles. The van der Waals surface area contributed by atoms with Crippen molar-refractivity contribution >= 4 is 11.7 Å². The molecule has 0 aliphatic rings. The Labute approximate surface area is 112 Å². The minimum atomic E-state index is -0.0693. The van der Waals surface area contributed by atoms with Gasteiger partial charge in [-0.1, -0.05) is 30.3 Å². The predicted molar refractivity (Wildman–Crippen MR) is 73.5 cm³/mol. The number of hydrogen-bond acceptors (Lipinski definition) is 4. The van der Waals surface area contributed by atoms with E-state index >= 15 is 0 Å². The van der Waals surface area contributed by atoms with Crippen LogP contribution in [0.4, 0.5) is 5.82 Å². The predicted octanol–water partition coefficient (Wildman–Crippen LogP) is 1.51. The Hall–Kier alpha value is -2.43. The minimum Gasteiger partial charge on any atom is -0.361 e. The van der Waals surface area contributed by atoms with Crippen LogP contribution in [-0.2, 0) is 11.3 Å². The van der Waals surface area contributed by atoms with E-state index in [1.54, 1.807) is 6.07 Å². The van der Waals surface area contributed by atoms with Crippen LogP contribution >= 0.6 is 0 Å². The van der Waals surface area contributed by atoms with Gasteiger partial charge >= 0.3 is 0 Å². The molecular weight excluding hydrogens is 240 g/mol. The molecule has 0 radical (unpaired) electrons. The summed E-state index contributed by atoms with van der Waals surface area (Å²) in [6, 6.07) is 11.6. The molecule has 2 rings (SSSR count). The second kappa shape index (κ2) is 6.49. The van der Waals surface area contributed by atoms with E-state index in [0.29, 0.717) is 12.4 Å². The monoisotopic (exact) mass is 256 g/mol. The fourth-order valence-electron chi connectivity index (χ4n) is 1.58. The number of hydrogen-bond donors (Lipinski definition) is 2. The van der Waals surface area contributed by atoms with Crippen molar-refractivity contribution in [2.24, 2.45) is 0 Å². The van der Waals surface area contributed by atoms with E-state index in [-0.39, 0.29) is 12.5 Å². The average molecular weight is 256 g/mol. The first-order chi connectivity index (χ1) is 9.24. The Morgan fingerprint density at radius 3 is 2.74 bits per heavy atom. The fourth-order valence-corrected chi connectivity index (χ4v) is 1.58. The molecule has 0 aliphatic carbocycles. The molecule has 0 spiro atoms. The molecule has 0 fully saturated rings. The highest BCUT2D eigenvalue weighted by atomic mass is 16.1. The van der Waals surface area contributed by atoms with Crippen LogP contribution in [0.15, 0.2) is 42.7 Å². The van der Waals surface area contributed by atoms with E-state index in [9.17, 15) is 4.79 Å². The number of benzene rings is 1. The minimum absolute atomic E-state index is 0.0693. The maximum absolute atomic E-state index is 11.7. The summed E-state index contributed by atoms with van der Waals surface area (Å²) in [6.07, 6.45) is 1.47. The first-order valence-corrected chi connectivity index (χ1v) is 6.07. The molecule has 1 aromatic heterocycles. The Bertz CT molecular complexity index is 542. The molecule has 0 bridgehead atoms. The lowest BCUT2D eigenvalue weighted by molar-refractivity contribution is -0.119. The number of aryl methyl sites for hydroxylation is 1. The van der Waals surface area contributed by atoms with Gasteiger partial charge in [-0.15, -0.1) is 0 Å². The van der Waals surface area contributed by atoms with Gasteiger partial charge in [-0.25, -0.2) is 9.97 Å². The number of nitrogens with one attached hydrogen (secondary N) is 2. The third-order valence-electron chi connectivity index (χ3n) is 2.57. The molecule has 0 unspecified atom stereocenters. The fraction of sp³-hybridized carbons (Fsp3) is 0.214. The van der Waals surface area contributed by atoms with Gasteiger partial charge in [0.05, 0.1) is 6.54 Å². The molecule has 1 heterocycles. The summed E-state index contributed by atoms with van der Waals surface area (Å²) in [6.45, 7) is 2.61. The molecule has 0 atom stereocenters. The van der Waals surface area contributed by atoms with E-state index in [2.05, 4.69) is 20.6 Å². The summed E-state index contributed by atoms with van der Waals surface area (Å²) >= 11 is 0. The summed E-state index contributed by atoms with van der Waals surface area (Å²) in [7, 11) is 0. The number of carbonyl (C=O) groups is 1. The third-order valence-corrected chi connectivity index (χ3v) is 2.57. The summed E-state index contributed by atoms with van der Waals surface area (Å²) < 4.78 is 0. The molecule has 5 heteroatoms. The molecule has 2 N–H and O–H groups in total. The SMILES string of the molecule is Cc1cc(NCC(=O)NCc2ccccc2)ncn1. The molecule has 98 valence electrons. The van der Waals surface area contributed by atoms with Gasteiger partial charge in [0.25, 0.3) is 0 Å². The van der Waals surface area contributed by atoms with Gasteiger partial charge in [-0.3, -0.25) is 4.79 Å². The lowest BCUT2D eigenvalue weighted by Gasteiger charge is -2.07. The van der Waals surface area contributed by atoms with Crippen molar-refractivity contribution < 1.29 is 4.79 Å². The molecule has 0 saturated carbocycles. The van der Waals surface area contributed by atoms with Crippen molar-refractivity contribution in [3.05, 3.63) is 54.0 Å². The highest BCUT2D eigenvalue weighted by Gasteiger charge is 2.02. The van der Waals surface area contributed by atoms with Crippen LogP contribution in [0.5, 0.6) is 0 Å². The largest absolute Gasteiger partial charge is 0.361 e. The maximum Gasteiger partial charge on any atom is 0.239 e. The van der Waals surface area contributed by atoms with Gasteiger partial charge in [-0.2, -0.15) is 0 Å². The van der Waals surface area contributed by atoms with Crippen molar-refractivity contribution in [1.82, 2.24) is 15.3 Å². The molecule has 2 aromatic rings. The average Bonchev–Trinajstić information content (AvgIpc) is 2.44. The topological polar surface area (TPSA) is 66.9 Å². The first-order valence-electron chi connectivity index (χ1n) is 6.07. The summed E-state index contributed by atoms with van der Waals surface area (Å²) in [5.74, 6) is 0.586. The van der Waals surface area contributed by atoms with Crippen LogP contribution < -0.4 is 10.6 Å². The normalized spacial score (nSPS) is 9.95. The first kappa shape index (κ1) is 13.0. The molecule has 0 aliphatic heterocycles. The Morgan fingerprint density at radius 2 is 2.00 bits per heavy atom. The smallest absolute Gasteiger partial charge is 0.239 e. The number of amides is 1. The molecule has 19 heavy (non-hydrogen) atoms. The van der Waals surface area contributed by atoms with Crippen molar-refractivity contribution in [1.29, 1.82) is 0 Å². The van der Waals surface area contributed by atoms with E-state index in [1.807, 2.05) is 37.3 Å². The standard InChI is InChI=1S/C14H16N4O/c1-11-7-13(18-10-17-11)15-9-14(19)16-8-12-5-3-2-4-6-12/h2-7,10H,8-9H2,1H3,(H,16,19)(H,15,17,18). The van der Waals surface area contributed by atoms with Crippen LogP contribution in [0, 0.1) is 6.92 Å². The van der Waals surface area contributed by atoms with Crippen molar-refractivity contribution in [2.45, 2.75) is 13.5 Å². The highest BCUT2D eigenvalue weighted by Crippen LogP contribution is 2.01. The summed E-state index contributed by atoms with van der Waals surface area (Å²) in [5, 5.41) is 5.80. The zero-order valence-electron chi connectivity index (χ0n) is 10.8. The van der Waals surface area contributed by atoms with Crippen LogP contribution in [0.1, 0.15) is 11.3 Å².